The number of nitrogens with one attached hydrogen (secondary N) is 2. The molecule has 2 saturated heterocycles. The molecule has 6 rings (SSSR count). The van der Waals surface area contributed by atoms with Crippen molar-refractivity contribution in [3.63, 3.8) is 0 Å². The third kappa shape index (κ3) is 6.96. The molecule has 0 saturated carbocycles. The van der Waals surface area contributed by atoms with Crippen LogP contribution in [0.3, 0.4) is 0 Å². The smallest absolute Gasteiger partial charge is 0.434 e. The predicted molar refractivity (Wildman–Crippen MR) is 190 cm³/mol. The van der Waals surface area contributed by atoms with Crippen molar-refractivity contribution in [1.29, 1.82) is 0 Å². The lowest BCUT2D eigenvalue weighted by Gasteiger charge is -2.40. The summed E-state index contributed by atoms with van der Waals surface area (Å²) in [7, 11) is 3.32. The number of rotatable bonds is 10. The Morgan fingerprint density at radius 2 is 1.04 bits per heavy atom. The van der Waals surface area contributed by atoms with Gasteiger partial charge in [0, 0.05) is 50.2 Å². The van der Waals surface area contributed by atoms with Gasteiger partial charge >= 0.3 is 6.16 Å². The molecule has 2 aromatic carbocycles. The van der Waals surface area contributed by atoms with Crippen LogP contribution in [-0.2, 0) is 28.7 Å². The van der Waals surface area contributed by atoms with Crippen molar-refractivity contribution in [2.45, 2.75) is 77.3 Å². The first kappa shape index (κ1) is 35.8. The van der Waals surface area contributed by atoms with E-state index < -0.39 is 17.2 Å². The lowest BCUT2D eigenvalue weighted by Crippen LogP contribution is -2.52. The van der Waals surface area contributed by atoms with Crippen molar-refractivity contribution in [2.75, 3.05) is 53.6 Å². The van der Waals surface area contributed by atoms with E-state index in [1.54, 1.807) is 14.2 Å². The number of carbonyl (C=O) groups is 3. The van der Waals surface area contributed by atoms with Crippen LogP contribution in [-0.4, -0.2) is 92.8 Å². The molecule has 0 aromatic heterocycles. The number of hydrogen-bond acceptors (Lipinski definition) is 9. The van der Waals surface area contributed by atoms with Gasteiger partial charge in [-0.25, -0.2) is 4.79 Å². The van der Waals surface area contributed by atoms with Crippen LogP contribution >= 0.6 is 0 Å². The van der Waals surface area contributed by atoms with Crippen molar-refractivity contribution in [3.05, 3.63) is 80.9 Å². The third-order valence-corrected chi connectivity index (χ3v) is 11.1. The van der Waals surface area contributed by atoms with E-state index in [1.165, 1.54) is 0 Å². The predicted octanol–water partition coefficient (Wildman–Crippen LogP) is 5.11. The van der Waals surface area contributed by atoms with Crippen molar-refractivity contribution in [2.24, 2.45) is 0 Å². The Morgan fingerprint density at radius 3 is 1.40 bits per heavy atom. The summed E-state index contributed by atoms with van der Waals surface area (Å²) in [5, 5.41) is 10.4. The second kappa shape index (κ2) is 14.7. The number of aryl methyl sites for hydroxylation is 4. The largest absolute Gasteiger partial charge is 0.508 e. The fraction of sp³-hybridized carbons (Fsp3) is 0.513. The molecule has 11 heteroatoms. The fourth-order valence-electron chi connectivity index (χ4n) is 8.24. The van der Waals surface area contributed by atoms with Crippen molar-refractivity contribution in [3.8, 4) is 0 Å². The Balaban J connectivity index is 1.17. The van der Waals surface area contributed by atoms with Gasteiger partial charge in [0.2, 0.25) is 0 Å². The van der Waals surface area contributed by atoms with Crippen LogP contribution < -0.4 is 10.6 Å². The Hall–Kier alpha value is -4.03. The zero-order valence-corrected chi connectivity index (χ0v) is 30.2. The summed E-state index contributed by atoms with van der Waals surface area (Å²) in [4.78, 5) is 51.2. The topological polar surface area (TPSA) is 119 Å². The Bertz CT molecular complexity index is 1590. The minimum absolute atomic E-state index is 0.0699. The quantitative estimate of drug-likeness (QED) is 0.329. The van der Waals surface area contributed by atoms with E-state index in [4.69, 9.17) is 19.1 Å². The van der Waals surface area contributed by atoms with Gasteiger partial charge < -0.3 is 29.8 Å². The second-order valence-corrected chi connectivity index (χ2v) is 14.1. The normalized spacial score (nSPS) is 20.5. The van der Waals surface area contributed by atoms with Crippen LogP contribution in [0.2, 0.25) is 0 Å². The van der Waals surface area contributed by atoms with Crippen molar-refractivity contribution in [1.82, 2.24) is 20.8 Å². The van der Waals surface area contributed by atoms with Crippen LogP contribution in [0.15, 0.2) is 47.5 Å². The Morgan fingerprint density at radius 1 is 0.660 bits per heavy atom. The molecule has 2 fully saturated rings. The Labute approximate surface area is 294 Å². The molecule has 4 aliphatic rings. The fourth-order valence-corrected chi connectivity index (χ4v) is 8.24. The maximum Gasteiger partial charge on any atom is 0.508 e. The maximum absolute atomic E-state index is 13.6. The van der Waals surface area contributed by atoms with E-state index in [2.05, 4.69) is 22.8 Å². The molecular formula is C39H50N4O7. The van der Waals surface area contributed by atoms with Crippen LogP contribution in [0.25, 0.3) is 11.1 Å². The Kier molecular flexibility index (Phi) is 10.5. The first-order valence-electron chi connectivity index (χ1n) is 17.6. The molecule has 2 N–H and O–H groups in total. The van der Waals surface area contributed by atoms with Gasteiger partial charge in [-0.2, -0.15) is 10.1 Å². The molecule has 0 bridgehead atoms. The highest BCUT2D eigenvalue weighted by atomic mass is 16.7. The van der Waals surface area contributed by atoms with Crippen LogP contribution in [0.1, 0.15) is 71.9 Å². The minimum atomic E-state index is -0.770. The number of amides is 2. The monoisotopic (exact) mass is 686 g/mol. The summed E-state index contributed by atoms with van der Waals surface area (Å²) in [6.07, 6.45) is 2.77. The average molecular weight is 687 g/mol. The number of nitrogens with zero attached hydrogens (tertiary/aromatic N) is 2. The molecule has 0 unspecified atom stereocenters. The van der Waals surface area contributed by atoms with Gasteiger partial charge in [0.25, 0.3) is 11.8 Å². The molecule has 0 atom stereocenters. The summed E-state index contributed by atoms with van der Waals surface area (Å²) in [6, 6.07) is 12.3. The molecule has 268 valence electrons. The van der Waals surface area contributed by atoms with E-state index in [0.29, 0.717) is 75.9 Å². The summed E-state index contributed by atoms with van der Waals surface area (Å²) in [6.45, 7) is 10.9. The second-order valence-electron chi connectivity index (χ2n) is 14.1. The van der Waals surface area contributed by atoms with Gasteiger partial charge in [0.1, 0.15) is 0 Å². The first-order valence-corrected chi connectivity index (χ1v) is 17.6. The highest BCUT2D eigenvalue weighted by Crippen LogP contribution is 2.44. The zero-order valence-electron chi connectivity index (χ0n) is 30.2. The molecule has 4 heterocycles. The summed E-state index contributed by atoms with van der Waals surface area (Å²) in [5.41, 5.74) is 8.19. The molecule has 2 aromatic rings. The number of hydroxylamine groups is 4. The number of ether oxygens (including phenoxy) is 2. The van der Waals surface area contributed by atoms with Crippen LogP contribution in [0, 0.1) is 27.7 Å². The molecule has 2 amide bonds. The lowest BCUT2D eigenvalue weighted by atomic mass is 9.79. The SMILES string of the molecule is CON1CCC2(CC1)NC(=O)C(c1cc(C)ccc1C)=C2CCOC(=O)OCCC1=C(c2cc(C)ccc2C)C(=O)NC12CCN(OC)CC2. The molecule has 0 aliphatic carbocycles. The van der Waals surface area contributed by atoms with Gasteiger partial charge in [-0.1, -0.05) is 47.5 Å². The molecule has 0 radical (unpaired) electrons. The van der Waals surface area contributed by atoms with Gasteiger partial charge in [-0.3, -0.25) is 9.59 Å². The summed E-state index contributed by atoms with van der Waals surface area (Å²) >= 11 is 0. The molecule has 11 nitrogen and oxygen atoms in total. The molecule has 2 spiro atoms. The van der Waals surface area contributed by atoms with Crippen LogP contribution in [0.4, 0.5) is 4.79 Å². The van der Waals surface area contributed by atoms with Gasteiger partial charge in [-0.15, -0.1) is 0 Å². The maximum atomic E-state index is 13.6. The van der Waals surface area contributed by atoms with E-state index in [9.17, 15) is 14.4 Å². The molecular weight excluding hydrogens is 636 g/mol. The third-order valence-electron chi connectivity index (χ3n) is 11.1. The first-order chi connectivity index (χ1) is 24.0. The standard InChI is InChI=1S/C39H50N4O7/c1-25-7-9-27(3)29(23-25)33-31(38(40-35(33)44)13-17-42(47-5)18-14-38)11-21-49-37(46)50-22-12-32-34(30-24-26(2)8-10-28(30)4)36(45)41-39(32)15-19-43(48-6)20-16-39/h7-10,23-24H,11-22H2,1-6H3,(H,40,44)(H,41,45). The number of benzene rings is 2. The van der Waals surface area contributed by atoms with E-state index >= 15 is 0 Å². The van der Waals surface area contributed by atoms with E-state index in [0.717, 1.165) is 44.5 Å². The number of hydrogen-bond donors (Lipinski definition) is 2. The van der Waals surface area contributed by atoms with E-state index in [1.807, 2.05) is 62.1 Å². The molecule has 4 aliphatic heterocycles. The highest BCUT2D eigenvalue weighted by Gasteiger charge is 2.48. The van der Waals surface area contributed by atoms with Crippen molar-refractivity contribution < 1.29 is 33.5 Å². The van der Waals surface area contributed by atoms with Gasteiger partial charge in [-0.05, 0) is 86.8 Å². The minimum Gasteiger partial charge on any atom is -0.434 e. The highest BCUT2D eigenvalue weighted by molar-refractivity contribution is 6.24. The van der Waals surface area contributed by atoms with Gasteiger partial charge in [0.15, 0.2) is 0 Å². The van der Waals surface area contributed by atoms with Crippen molar-refractivity contribution >= 4 is 29.1 Å². The van der Waals surface area contributed by atoms with Gasteiger partial charge in [0.05, 0.1) is 38.5 Å². The van der Waals surface area contributed by atoms with Crippen LogP contribution in [0.5, 0.6) is 0 Å². The summed E-state index contributed by atoms with van der Waals surface area (Å²) in [5.74, 6) is -0.194. The molecule has 50 heavy (non-hydrogen) atoms. The lowest BCUT2D eigenvalue weighted by molar-refractivity contribution is -0.150. The number of piperidine rings is 2. The number of carbonyl (C=O) groups excluding carboxylic acids is 3. The van der Waals surface area contributed by atoms with E-state index in [-0.39, 0.29) is 25.0 Å². The average Bonchev–Trinajstić information content (AvgIpc) is 3.52. The summed E-state index contributed by atoms with van der Waals surface area (Å²) < 4.78 is 11.3. The zero-order chi connectivity index (χ0) is 35.6.